The Kier molecular flexibility index (Phi) is 9.01. The van der Waals surface area contributed by atoms with E-state index in [1.165, 1.54) is 0 Å². The lowest BCUT2D eigenvalue weighted by molar-refractivity contribution is -0.121. The van der Waals surface area contributed by atoms with Crippen molar-refractivity contribution < 1.29 is 9.53 Å². The van der Waals surface area contributed by atoms with Crippen molar-refractivity contribution in [2.75, 3.05) is 27.7 Å². The molecule has 5 heteroatoms. The molecule has 0 radical (unpaired) electrons. The van der Waals surface area contributed by atoms with E-state index in [1.807, 2.05) is 45.3 Å². The summed E-state index contributed by atoms with van der Waals surface area (Å²) in [5, 5.41) is 2.98. The molecule has 20 heavy (non-hydrogen) atoms. The molecule has 0 saturated carbocycles. The molecular weight excluding hydrogens is 276 g/mol. The fourth-order valence-corrected chi connectivity index (χ4v) is 2.04. The van der Waals surface area contributed by atoms with Gasteiger partial charge in [0.05, 0.1) is 13.2 Å². The number of methoxy groups -OCH3 is 1. The first kappa shape index (κ1) is 18.7. The summed E-state index contributed by atoms with van der Waals surface area (Å²) in [6.07, 6.45) is 1.44. The van der Waals surface area contributed by atoms with E-state index in [0.29, 0.717) is 13.0 Å². The Bertz CT molecular complexity index is 411. The molecule has 114 valence electrons. The second kappa shape index (κ2) is 9.61. The molecule has 1 N–H and O–H groups in total. The Labute approximate surface area is 127 Å². The van der Waals surface area contributed by atoms with Gasteiger partial charge in [-0.1, -0.05) is 25.1 Å². The van der Waals surface area contributed by atoms with Crippen LogP contribution in [0.3, 0.4) is 0 Å². The highest BCUT2D eigenvalue weighted by Gasteiger charge is 2.18. The number of hydrogen-bond donors (Lipinski definition) is 1. The average Bonchev–Trinajstić information content (AvgIpc) is 2.39. The van der Waals surface area contributed by atoms with Crippen LogP contribution >= 0.6 is 12.4 Å². The molecule has 1 amide bonds. The number of amides is 1. The Balaban J connectivity index is 0.00000361. The quantitative estimate of drug-likeness (QED) is 0.842. The monoisotopic (exact) mass is 300 g/mol. The van der Waals surface area contributed by atoms with Gasteiger partial charge in [0.15, 0.2) is 0 Å². The van der Waals surface area contributed by atoms with Crippen LogP contribution in [-0.2, 0) is 4.79 Å². The van der Waals surface area contributed by atoms with Crippen molar-refractivity contribution in [3.05, 3.63) is 29.8 Å². The lowest BCUT2D eigenvalue weighted by atomic mass is 10.0. The number of rotatable bonds is 7. The van der Waals surface area contributed by atoms with Crippen molar-refractivity contribution in [1.29, 1.82) is 0 Å². The molecule has 1 aromatic rings. The normalized spacial score (nSPS) is 11.7. The van der Waals surface area contributed by atoms with E-state index in [-0.39, 0.29) is 24.4 Å². The average molecular weight is 301 g/mol. The van der Waals surface area contributed by atoms with E-state index in [4.69, 9.17) is 4.74 Å². The molecule has 0 bridgehead atoms. The highest BCUT2D eigenvalue weighted by Crippen LogP contribution is 2.27. The van der Waals surface area contributed by atoms with Crippen molar-refractivity contribution in [1.82, 2.24) is 10.2 Å². The smallest absolute Gasteiger partial charge is 0.220 e. The van der Waals surface area contributed by atoms with Gasteiger partial charge in [-0.25, -0.2) is 0 Å². The summed E-state index contributed by atoms with van der Waals surface area (Å²) in [7, 11) is 5.67. The predicted molar refractivity (Wildman–Crippen MR) is 84.6 cm³/mol. The molecule has 1 unspecified atom stereocenters. The Morgan fingerprint density at radius 1 is 1.35 bits per heavy atom. The first-order valence-corrected chi connectivity index (χ1v) is 6.66. The van der Waals surface area contributed by atoms with Crippen LogP contribution in [0.1, 0.15) is 31.4 Å². The first-order chi connectivity index (χ1) is 9.10. The lowest BCUT2D eigenvalue weighted by Crippen LogP contribution is -2.34. The minimum absolute atomic E-state index is 0. The number of likely N-dealkylation sites (N-methyl/N-ethyl adjacent to an activating group) is 1. The largest absolute Gasteiger partial charge is 0.496 e. The van der Waals surface area contributed by atoms with Crippen LogP contribution in [-0.4, -0.2) is 38.6 Å². The van der Waals surface area contributed by atoms with Gasteiger partial charge >= 0.3 is 0 Å². The van der Waals surface area contributed by atoms with E-state index in [1.54, 1.807) is 7.11 Å². The second-order valence-corrected chi connectivity index (χ2v) is 4.78. The fourth-order valence-electron chi connectivity index (χ4n) is 2.04. The summed E-state index contributed by atoms with van der Waals surface area (Å²) in [5.41, 5.74) is 1.09. The van der Waals surface area contributed by atoms with Crippen LogP contribution in [0.5, 0.6) is 5.75 Å². The standard InChI is InChI=1S/C15H24N2O2.ClH/c1-5-8-15(18)16-11-13(17(2)3)12-9-6-7-10-14(12)19-4;/h6-7,9-10,13H,5,8,11H2,1-4H3,(H,16,18);1H. The van der Waals surface area contributed by atoms with Gasteiger partial charge in [-0.3, -0.25) is 4.79 Å². The maximum Gasteiger partial charge on any atom is 0.220 e. The second-order valence-electron chi connectivity index (χ2n) is 4.78. The van der Waals surface area contributed by atoms with Gasteiger partial charge in [-0.15, -0.1) is 12.4 Å². The molecule has 0 saturated heterocycles. The van der Waals surface area contributed by atoms with Gasteiger partial charge < -0.3 is 15.0 Å². The molecule has 0 aliphatic rings. The zero-order valence-electron chi connectivity index (χ0n) is 12.7. The SMILES string of the molecule is CCCC(=O)NCC(c1ccccc1OC)N(C)C.Cl. The Morgan fingerprint density at radius 3 is 2.55 bits per heavy atom. The summed E-state index contributed by atoms with van der Waals surface area (Å²) in [6.45, 7) is 2.59. The lowest BCUT2D eigenvalue weighted by Gasteiger charge is -2.26. The molecule has 0 heterocycles. The van der Waals surface area contributed by atoms with Gasteiger partial charge in [-0.05, 0) is 26.6 Å². The van der Waals surface area contributed by atoms with Crippen LogP contribution in [0, 0.1) is 0 Å². The minimum Gasteiger partial charge on any atom is -0.496 e. The van der Waals surface area contributed by atoms with Crippen molar-refractivity contribution >= 4 is 18.3 Å². The zero-order valence-corrected chi connectivity index (χ0v) is 13.5. The third kappa shape index (κ3) is 5.39. The predicted octanol–water partition coefficient (Wildman–Crippen LogP) is 2.64. The van der Waals surface area contributed by atoms with E-state index >= 15 is 0 Å². The molecule has 1 aromatic carbocycles. The van der Waals surface area contributed by atoms with Gasteiger partial charge in [0.2, 0.25) is 5.91 Å². The van der Waals surface area contributed by atoms with Crippen LogP contribution in [0.4, 0.5) is 0 Å². The molecule has 0 spiro atoms. The Morgan fingerprint density at radius 2 is 2.00 bits per heavy atom. The van der Waals surface area contributed by atoms with Crippen molar-refractivity contribution in [2.45, 2.75) is 25.8 Å². The zero-order chi connectivity index (χ0) is 14.3. The maximum absolute atomic E-state index is 11.6. The van der Waals surface area contributed by atoms with E-state index < -0.39 is 0 Å². The number of ether oxygens (including phenoxy) is 1. The van der Waals surface area contributed by atoms with Gasteiger partial charge in [-0.2, -0.15) is 0 Å². The van der Waals surface area contributed by atoms with Crippen molar-refractivity contribution in [3.63, 3.8) is 0 Å². The summed E-state index contributed by atoms with van der Waals surface area (Å²) in [4.78, 5) is 13.7. The first-order valence-electron chi connectivity index (χ1n) is 6.66. The number of halogens is 1. The highest BCUT2D eigenvalue weighted by atomic mass is 35.5. The molecule has 0 fully saturated rings. The number of hydrogen-bond acceptors (Lipinski definition) is 3. The van der Waals surface area contributed by atoms with Crippen LogP contribution in [0.25, 0.3) is 0 Å². The van der Waals surface area contributed by atoms with Crippen LogP contribution < -0.4 is 10.1 Å². The topological polar surface area (TPSA) is 41.6 Å². The molecule has 1 atom stereocenters. The van der Waals surface area contributed by atoms with E-state index in [0.717, 1.165) is 17.7 Å². The van der Waals surface area contributed by atoms with Gasteiger partial charge in [0.25, 0.3) is 0 Å². The molecule has 0 aliphatic carbocycles. The van der Waals surface area contributed by atoms with Crippen molar-refractivity contribution in [3.8, 4) is 5.75 Å². The number of nitrogens with zero attached hydrogens (tertiary/aromatic N) is 1. The molecule has 1 rings (SSSR count). The third-order valence-electron chi connectivity index (χ3n) is 3.09. The number of benzene rings is 1. The fraction of sp³-hybridized carbons (Fsp3) is 0.533. The minimum atomic E-state index is 0. The molecular formula is C15H25ClN2O2. The Hall–Kier alpha value is -1.26. The summed E-state index contributed by atoms with van der Waals surface area (Å²) in [6, 6.07) is 8.03. The summed E-state index contributed by atoms with van der Waals surface area (Å²) in [5.74, 6) is 0.954. The maximum atomic E-state index is 11.6. The number of para-hydroxylation sites is 1. The number of nitrogens with one attached hydrogen (secondary N) is 1. The third-order valence-corrected chi connectivity index (χ3v) is 3.09. The van der Waals surface area contributed by atoms with Gasteiger partial charge in [0.1, 0.15) is 5.75 Å². The van der Waals surface area contributed by atoms with Crippen molar-refractivity contribution in [2.24, 2.45) is 0 Å². The molecule has 0 aromatic heterocycles. The number of carbonyl (C=O) groups excluding carboxylic acids is 1. The van der Waals surface area contributed by atoms with Crippen LogP contribution in [0.2, 0.25) is 0 Å². The highest BCUT2D eigenvalue weighted by molar-refractivity contribution is 5.85. The van der Waals surface area contributed by atoms with E-state index in [9.17, 15) is 4.79 Å². The van der Waals surface area contributed by atoms with Gasteiger partial charge in [0, 0.05) is 18.5 Å². The summed E-state index contributed by atoms with van der Waals surface area (Å²) < 4.78 is 5.39. The van der Waals surface area contributed by atoms with E-state index in [2.05, 4.69) is 10.2 Å². The molecule has 0 aliphatic heterocycles. The number of carbonyl (C=O) groups is 1. The summed E-state index contributed by atoms with van der Waals surface area (Å²) >= 11 is 0. The van der Waals surface area contributed by atoms with Crippen LogP contribution in [0.15, 0.2) is 24.3 Å². The molecule has 4 nitrogen and oxygen atoms in total.